The van der Waals surface area contributed by atoms with Gasteiger partial charge in [0.1, 0.15) is 11.7 Å². The lowest BCUT2D eigenvalue weighted by atomic mass is 10.1. The molecule has 1 saturated heterocycles. The first-order valence-electron chi connectivity index (χ1n) is 6.38. The van der Waals surface area contributed by atoms with Crippen molar-refractivity contribution in [1.82, 2.24) is 4.90 Å². The Morgan fingerprint density at radius 1 is 1.32 bits per heavy atom. The minimum atomic E-state index is -0.273. The minimum absolute atomic E-state index is 0.0292. The van der Waals surface area contributed by atoms with Gasteiger partial charge in [0.05, 0.1) is 0 Å². The van der Waals surface area contributed by atoms with Crippen molar-refractivity contribution < 1.29 is 13.9 Å². The molecule has 104 valence electrons. The Labute approximate surface area is 117 Å². The molecule has 3 nitrogen and oxygen atoms in total. The second-order valence-corrected chi connectivity index (χ2v) is 4.89. The van der Waals surface area contributed by atoms with Crippen LogP contribution < -0.4 is 0 Å². The number of benzene rings is 1. The van der Waals surface area contributed by atoms with E-state index in [-0.39, 0.29) is 23.6 Å². The Bertz CT molecular complexity index is 418. The molecule has 0 unspecified atom stereocenters. The molecule has 2 rings (SSSR count). The molecule has 1 heterocycles. The predicted octanol–water partition coefficient (Wildman–Crippen LogP) is 2.57. The monoisotopic (exact) mass is 285 g/mol. The van der Waals surface area contributed by atoms with Gasteiger partial charge < -0.3 is 9.64 Å². The molecule has 1 aliphatic rings. The van der Waals surface area contributed by atoms with Gasteiger partial charge in [-0.3, -0.25) is 4.79 Å². The number of carbonyl (C=O) groups excluding carboxylic acids is 1. The topological polar surface area (TPSA) is 29.5 Å². The van der Waals surface area contributed by atoms with Crippen molar-refractivity contribution in [2.45, 2.75) is 25.4 Å². The van der Waals surface area contributed by atoms with E-state index >= 15 is 0 Å². The number of hydrogen-bond acceptors (Lipinski definition) is 2. The summed E-state index contributed by atoms with van der Waals surface area (Å²) in [4.78, 5) is 13.7. The van der Waals surface area contributed by atoms with Gasteiger partial charge in [-0.1, -0.05) is 12.1 Å². The maximum Gasteiger partial charge on any atom is 0.238 e. The van der Waals surface area contributed by atoms with Crippen LogP contribution in [0.3, 0.4) is 0 Å². The molecule has 0 atom stereocenters. The average molecular weight is 286 g/mol. The van der Waals surface area contributed by atoms with Gasteiger partial charge in [0.2, 0.25) is 5.91 Å². The van der Waals surface area contributed by atoms with Crippen LogP contribution >= 0.6 is 11.6 Å². The van der Waals surface area contributed by atoms with E-state index in [4.69, 9.17) is 16.3 Å². The highest BCUT2D eigenvalue weighted by atomic mass is 35.5. The quantitative estimate of drug-likeness (QED) is 0.796. The molecule has 0 radical (unpaired) electrons. The summed E-state index contributed by atoms with van der Waals surface area (Å²) in [6.07, 6.45) is 1.65. The summed E-state index contributed by atoms with van der Waals surface area (Å²) < 4.78 is 18.2. The highest BCUT2D eigenvalue weighted by Crippen LogP contribution is 2.18. The molecule has 0 saturated carbocycles. The van der Waals surface area contributed by atoms with Gasteiger partial charge in [-0.05, 0) is 30.5 Å². The van der Waals surface area contributed by atoms with Gasteiger partial charge in [-0.25, -0.2) is 4.39 Å². The summed E-state index contributed by atoms with van der Waals surface area (Å²) in [6, 6.07) is 6.36. The fourth-order valence-electron chi connectivity index (χ4n) is 2.28. The first-order chi connectivity index (χ1) is 9.20. The molecular formula is C14H17ClFNO2. The number of rotatable bonds is 4. The van der Waals surface area contributed by atoms with Crippen molar-refractivity contribution in [3.05, 3.63) is 35.6 Å². The van der Waals surface area contributed by atoms with Gasteiger partial charge >= 0.3 is 0 Å². The lowest BCUT2D eigenvalue weighted by Crippen LogP contribution is -2.43. The zero-order valence-corrected chi connectivity index (χ0v) is 11.4. The molecular weight excluding hydrogens is 269 g/mol. The highest BCUT2D eigenvalue weighted by molar-refractivity contribution is 6.27. The molecule has 5 heteroatoms. The standard InChI is InChI=1S/C14H17ClFNO2/c15-9-14(18)17(13-5-7-19-8-6-13)10-11-1-3-12(16)4-2-11/h1-4,13H,5-10H2. The molecule has 0 spiro atoms. The number of hydrogen-bond donors (Lipinski definition) is 0. The summed E-state index contributed by atoms with van der Waals surface area (Å²) >= 11 is 5.67. The number of ether oxygens (including phenoxy) is 1. The van der Waals surface area contributed by atoms with Crippen molar-refractivity contribution in [2.75, 3.05) is 19.1 Å². The number of alkyl halides is 1. The molecule has 0 aliphatic carbocycles. The van der Waals surface area contributed by atoms with E-state index in [1.165, 1.54) is 12.1 Å². The van der Waals surface area contributed by atoms with Crippen LogP contribution in [-0.2, 0) is 16.1 Å². The second-order valence-electron chi connectivity index (χ2n) is 4.63. The van der Waals surface area contributed by atoms with Crippen LogP contribution in [0.25, 0.3) is 0 Å². The fourth-order valence-corrected chi connectivity index (χ4v) is 2.43. The van der Waals surface area contributed by atoms with E-state index in [0.29, 0.717) is 19.8 Å². The lowest BCUT2D eigenvalue weighted by Gasteiger charge is -2.34. The molecule has 1 aromatic carbocycles. The maximum atomic E-state index is 12.9. The first kappa shape index (κ1) is 14.3. The van der Waals surface area contributed by atoms with Gasteiger partial charge in [-0.2, -0.15) is 0 Å². The van der Waals surface area contributed by atoms with Gasteiger partial charge in [0.15, 0.2) is 0 Å². The van der Waals surface area contributed by atoms with E-state index in [2.05, 4.69) is 0 Å². The molecule has 1 aromatic rings. The Hall–Kier alpha value is -1.13. The van der Waals surface area contributed by atoms with E-state index in [1.807, 2.05) is 0 Å². The van der Waals surface area contributed by atoms with Crippen LogP contribution in [-0.4, -0.2) is 35.9 Å². The van der Waals surface area contributed by atoms with Crippen LogP contribution in [0.1, 0.15) is 18.4 Å². The van der Waals surface area contributed by atoms with Crippen molar-refractivity contribution in [3.8, 4) is 0 Å². The van der Waals surface area contributed by atoms with E-state index in [0.717, 1.165) is 18.4 Å². The van der Waals surface area contributed by atoms with Gasteiger partial charge in [-0.15, -0.1) is 11.6 Å². The molecule has 0 N–H and O–H groups in total. The summed E-state index contributed by atoms with van der Waals surface area (Å²) in [7, 11) is 0. The Kier molecular flexibility index (Phi) is 5.16. The van der Waals surface area contributed by atoms with Crippen LogP contribution in [0.4, 0.5) is 4.39 Å². The Balaban J connectivity index is 2.08. The van der Waals surface area contributed by atoms with Crippen LogP contribution in [0, 0.1) is 5.82 Å². The zero-order chi connectivity index (χ0) is 13.7. The van der Waals surface area contributed by atoms with Crippen molar-refractivity contribution >= 4 is 17.5 Å². The molecule has 1 amide bonds. The largest absolute Gasteiger partial charge is 0.381 e. The van der Waals surface area contributed by atoms with Crippen LogP contribution in [0.15, 0.2) is 24.3 Å². The van der Waals surface area contributed by atoms with Crippen molar-refractivity contribution in [3.63, 3.8) is 0 Å². The van der Waals surface area contributed by atoms with Crippen molar-refractivity contribution in [2.24, 2.45) is 0 Å². The average Bonchev–Trinajstić information content (AvgIpc) is 2.47. The predicted molar refractivity (Wildman–Crippen MR) is 71.5 cm³/mol. The number of nitrogens with zero attached hydrogens (tertiary/aromatic N) is 1. The normalized spacial score (nSPS) is 16.3. The van der Waals surface area contributed by atoms with Crippen LogP contribution in [0.5, 0.6) is 0 Å². The Morgan fingerprint density at radius 2 is 1.95 bits per heavy atom. The molecule has 1 fully saturated rings. The summed E-state index contributed by atoms with van der Waals surface area (Å²) in [5.74, 6) is -0.388. The molecule has 19 heavy (non-hydrogen) atoms. The lowest BCUT2D eigenvalue weighted by molar-refractivity contribution is -0.133. The molecule has 1 aliphatic heterocycles. The summed E-state index contributed by atoms with van der Waals surface area (Å²) in [6.45, 7) is 1.80. The number of amides is 1. The van der Waals surface area contributed by atoms with E-state index in [1.54, 1.807) is 17.0 Å². The third-order valence-corrected chi connectivity index (χ3v) is 3.56. The maximum absolute atomic E-state index is 12.9. The number of carbonyl (C=O) groups is 1. The zero-order valence-electron chi connectivity index (χ0n) is 10.6. The fraction of sp³-hybridized carbons (Fsp3) is 0.500. The smallest absolute Gasteiger partial charge is 0.238 e. The van der Waals surface area contributed by atoms with E-state index in [9.17, 15) is 9.18 Å². The second kappa shape index (κ2) is 6.87. The number of halogens is 2. The van der Waals surface area contributed by atoms with Crippen LogP contribution in [0.2, 0.25) is 0 Å². The molecule has 0 aromatic heterocycles. The third-order valence-electron chi connectivity index (χ3n) is 3.33. The third kappa shape index (κ3) is 3.91. The highest BCUT2D eigenvalue weighted by Gasteiger charge is 2.25. The summed E-state index contributed by atoms with van der Waals surface area (Å²) in [5, 5.41) is 0. The van der Waals surface area contributed by atoms with E-state index < -0.39 is 0 Å². The van der Waals surface area contributed by atoms with Gasteiger partial charge in [0, 0.05) is 25.8 Å². The summed E-state index contributed by atoms with van der Waals surface area (Å²) in [5.41, 5.74) is 0.909. The van der Waals surface area contributed by atoms with Crippen molar-refractivity contribution in [1.29, 1.82) is 0 Å². The molecule has 0 bridgehead atoms. The first-order valence-corrected chi connectivity index (χ1v) is 6.92. The Morgan fingerprint density at radius 3 is 2.53 bits per heavy atom. The SMILES string of the molecule is O=C(CCl)N(Cc1ccc(F)cc1)C1CCOCC1. The van der Waals surface area contributed by atoms with Gasteiger partial charge in [0.25, 0.3) is 0 Å². The minimum Gasteiger partial charge on any atom is -0.381 e.